The highest BCUT2D eigenvalue weighted by molar-refractivity contribution is 8.14. The number of carbonyl (C=O) groups excluding carboxylic acids is 2. The van der Waals surface area contributed by atoms with E-state index in [4.69, 9.17) is 0 Å². The summed E-state index contributed by atoms with van der Waals surface area (Å²) in [5.41, 5.74) is 3.87. The first kappa shape index (κ1) is 20.3. The third-order valence-electron chi connectivity index (χ3n) is 5.05. The molecular weight excluding hydrogens is 396 g/mol. The van der Waals surface area contributed by atoms with Crippen molar-refractivity contribution in [2.24, 2.45) is 9.98 Å². The van der Waals surface area contributed by atoms with Crippen LogP contribution < -0.4 is 5.32 Å². The van der Waals surface area contributed by atoms with Crippen molar-refractivity contribution in [2.75, 3.05) is 5.75 Å². The molecule has 1 atom stereocenters. The van der Waals surface area contributed by atoms with Crippen molar-refractivity contribution in [3.63, 3.8) is 0 Å². The molecule has 2 heterocycles. The van der Waals surface area contributed by atoms with Crippen LogP contribution in [0.4, 0.5) is 5.69 Å². The number of nitrogens with zero attached hydrogens (tertiary/aromatic N) is 3. The highest BCUT2D eigenvalue weighted by Gasteiger charge is 2.40. The van der Waals surface area contributed by atoms with Gasteiger partial charge in [-0.3, -0.25) is 14.6 Å². The average molecular weight is 421 g/mol. The Balaban J connectivity index is 1.46. The van der Waals surface area contributed by atoms with Gasteiger partial charge >= 0.3 is 0 Å². The number of fused-ring (bicyclic) bond motifs is 3. The van der Waals surface area contributed by atoms with Gasteiger partial charge in [0.25, 0.3) is 5.91 Å². The molecule has 30 heavy (non-hydrogen) atoms. The first-order chi connectivity index (χ1) is 14.6. The molecule has 2 aromatic carbocycles. The van der Waals surface area contributed by atoms with E-state index in [2.05, 4.69) is 15.3 Å². The molecule has 0 spiro atoms. The molecular formula is C23H24N4O2S. The normalized spacial score (nSPS) is 17.2. The van der Waals surface area contributed by atoms with Crippen molar-refractivity contribution in [3.05, 3.63) is 65.2 Å². The molecule has 4 rings (SSSR count). The minimum Gasteiger partial charge on any atom is -0.351 e. The van der Waals surface area contributed by atoms with Gasteiger partial charge < -0.3 is 5.32 Å². The van der Waals surface area contributed by atoms with Gasteiger partial charge in [-0.15, -0.1) is 0 Å². The number of hydrogen-bond acceptors (Lipinski definition) is 5. The number of hydrogen-bond donors (Lipinski definition) is 1. The maximum atomic E-state index is 12.9. The van der Waals surface area contributed by atoms with Crippen LogP contribution in [0.25, 0.3) is 0 Å². The Hall–Kier alpha value is -2.93. The fraction of sp³-hybridized carbons (Fsp3) is 0.304. The maximum absolute atomic E-state index is 12.9. The molecule has 0 radical (unpaired) electrons. The molecule has 2 aliphatic rings. The van der Waals surface area contributed by atoms with E-state index in [-0.39, 0.29) is 23.6 Å². The zero-order valence-corrected chi connectivity index (χ0v) is 17.9. The van der Waals surface area contributed by atoms with Gasteiger partial charge in [0.1, 0.15) is 11.9 Å². The van der Waals surface area contributed by atoms with Crippen LogP contribution in [-0.2, 0) is 16.1 Å². The van der Waals surface area contributed by atoms with Gasteiger partial charge in [-0.05, 0) is 31.0 Å². The molecule has 154 valence electrons. The number of aliphatic imine (C=N–C) groups is 2. The topological polar surface area (TPSA) is 74.1 Å². The summed E-state index contributed by atoms with van der Waals surface area (Å²) in [5.74, 6) is 0.666. The van der Waals surface area contributed by atoms with Gasteiger partial charge in [-0.25, -0.2) is 9.89 Å². The second kappa shape index (κ2) is 8.83. The largest absolute Gasteiger partial charge is 0.351 e. The monoisotopic (exact) mass is 420 g/mol. The number of aryl methyl sites for hydroxylation is 1. The third-order valence-corrected chi connectivity index (χ3v) is 5.99. The lowest BCUT2D eigenvalue weighted by Crippen LogP contribution is -2.41. The Kier molecular flexibility index (Phi) is 5.99. The number of para-hydroxylation sites is 1. The molecule has 1 N–H and O–H groups in total. The second-order valence-corrected chi connectivity index (χ2v) is 8.34. The Morgan fingerprint density at radius 1 is 1.17 bits per heavy atom. The quantitative estimate of drug-likeness (QED) is 0.772. The van der Waals surface area contributed by atoms with Gasteiger partial charge in [-0.2, -0.15) is 0 Å². The molecule has 0 saturated heterocycles. The van der Waals surface area contributed by atoms with E-state index in [1.54, 1.807) is 4.90 Å². The molecule has 0 aliphatic carbocycles. The van der Waals surface area contributed by atoms with Gasteiger partial charge in [0.15, 0.2) is 5.17 Å². The van der Waals surface area contributed by atoms with Crippen molar-refractivity contribution in [1.82, 2.24) is 10.2 Å². The van der Waals surface area contributed by atoms with Crippen LogP contribution in [0.3, 0.4) is 0 Å². The third kappa shape index (κ3) is 4.16. The van der Waals surface area contributed by atoms with Crippen LogP contribution in [0.1, 0.15) is 36.5 Å². The number of rotatable bonds is 6. The summed E-state index contributed by atoms with van der Waals surface area (Å²) in [6.07, 6.45) is 1.58. The van der Waals surface area contributed by atoms with E-state index in [0.717, 1.165) is 23.2 Å². The number of amidine groups is 2. The standard InChI is InChI=1S/C23H24N4O2S/c1-3-6-19-22(29)27-21(25-19)17-7-4-5-8-18(17)26-23(27)30-14-20(28)24-13-16-11-9-15(2)10-12-16/h4-5,7-12,19H,3,6,13-14H2,1-2H3,(H,24,28)/t19-/m0/s1. The minimum absolute atomic E-state index is 0.0623. The average Bonchev–Trinajstić information content (AvgIpc) is 3.08. The van der Waals surface area contributed by atoms with Gasteiger partial charge in [0.05, 0.1) is 11.4 Å². The second-order valence-electron chi connectivity index (χ2n) is 7.39. The molecule has 0 unspecified atom stereocenters. The fourth-order valence-electron chi connectivity index (χ4n) is 3.45. The van der Waals surface area contributed by atoms with Crippen LogP contribution in [0, 0.1) is 6.92 Å². The van der Waals surface area contributed by atoms with E-state index < -0.39 is 0 Å². The summed E-state index contributed by atoms with van der Waals surface area (Å²) in [6, 6.07) is 15.4. The van der Waals surface area contributed by atoms with E-state index >= 15 is 0 Å². The summed E-state index contributed by atoms with van der Waals surface area (Å²) >= 11 is 1.27. The molecule has 7 heteroatoms. The first-order valence-electron chi connectivity index (χ1n) is 10.1. The zero-order valence-electron chi connectivity index (χ0n) is 17.1. The van der Waals surface area contributed by atoms with Gasteiger partial charge in [-0.1, -0.05) is 67.1 Å². The zero-order chi connectivity index (χ0) is 21.1. The highest BCUT2D eigenvalue weighted by atomic mass is 32.2. The van der Waals surface area contributed by atoms with E-state index in [0.29, 0.717) is 24.0 Å². The number of amides is 2. The molecule has 2 amide bonds. The Bertz CT molecular complexity index is 1030. The lowest BCUT2D eigenvalue weighted by molar-refractivity contribution is -0.124. The Labute approximate surface area is 180 Å². The lowest BCUT2D eigenvalue weighted by Gasteiger charge is -2.25. The number of thioether (sulfide) groups is 1. The molecule has 2 aliphatic heterocycles. The Morgan fingerprint density at radius 2 is 1.93 bits per heavy atom. The smallest absolute Gasteiger partial charge is 0.259 e. The number of nitrogens with one attached hydrogen (secondary N) is 1. The molecule has 0 aromatic heterocycles. The van der Waals surface area contributed by atoms with Crippen molar-refractivity contribution >= 4 is 40.3 Å². The molecule has 0 saturated carbocycles. The van der Waals surface area contributed by atoms with E-state index in [1.807, 2.05) is 62.4 Å². The van der Waals surface area contributed by atoms with Crippen molar-refractivity contribution < 1.29 is 9.59 Å². The predicted octanol–water partition coefficient (Wildman–Crippen LogP) is 3.80. The molecule has 2 aromatic rings. The molecule has 6 nitrogen and oxygen atoms in total. The maximum Gasteiger partial charge on any atom is 0.259 e. The van der Waals surface area contributed by atoms with Crippen LogP contribution in [0.2, 0.25) is 0 Å². The minimum atomic E-state index is -0.377. The molecule has 0 fully saturated rings. The Morgan fingerprint density at radius 3 is 2.70 bits per heavy atom. The number of carbonyl (C=O) groups is 2. The van der Waals surface area contributed by atoms with E-state index in [9.17, 15) is 9.59 Å². The van der Waals surface area contributed by atoms with Crippen molar-refractivity contribution in [1.29, 1.82) is 0 Å². The van der Waals surface area contributed by atoms with Crippen LogP contribution in [0.15, 0.2) is 58.5 Å². The van der Waals surface area contributed by atoms with Crippen LogP contribution in [-0.4, -0.2) is 39.5 Å². The van der Waals surface area contributed by atoms with Crippen molar-refractivity contribution in [3.8, 4) is 0 Å². The lowest BCUT2D eigenvalue weighted by atomic mass is 10.1. The van der Waals surface area contributed by atoms with Gasteiger partial charge in [0, 0.05) is 12.1 Å². The van der Waals surface area contributed by atoms with Gasteiger partial charge in [0.2, 0.25) is 5.91 Å². The molecule has 0 bridgehead atoms. The summed E-state index contributed by atoms with van der Waals surface area (Å²) in [4.78, 5) is 36.3. The first-order valence-corrected chi connectivity index (χ1v) is 11.1. The summed E-state index contributed by atoms with van der Waals surface area (Å²) in [5, 5.41) is 3.44. The highest BCUT2D eigenvalue weighted by Crippen LogP contribution is 2.34. The van der Waals surface area contributed by atoms with Crippen LogP contribution in [0.5, 0.6) is 0 Å². The number of benzene rings is 2. The van der Waals surface area contributed by atoms with Crippen LogP contribution >= 0.6 is 11.8 Å². The summed E-state index contributed by atoms with van der Waals surface area (Å²) < 4.78 is 0. The fourth-order valence-corrected chi connectivity index (χ4v) is 4.28. The van der Waals surface area contributed by atoms with E-state index in [1.165, 1.54) is 17.3 Å². The predicted molar refractivity (Wildman–Crippen MR) is 121 cm³/mol. The summed E-state index contributed by atoms with van der Waals surface area (Å²) in [6.45, 7) is 4.55. The SMILES string of the molecule is CCC[C@@H]1N=C2c3ccccc3N=C(SCC(=O)NCc3ccc(C)cc3)N2C1=O. The summed E-state index contributed by atoms with van der Waals surface area (Å²) in [7, 11) is 0. The van der Waals surface area contributed by atoms with Crippen molar-refractivity contribution in [2.45, 2.75) is 39.3 Å².